The number of hydrogen-bond donors (Lipinski definition) is 0. The van der Waals surface area contributed by atoms with E-state index in [-0.39, 0.29) is 5.43 Å². The average Bonchev–Trinajstić information content (AvgIpc) is 2.46. The molecule has 2 nitrogen and oxygen atoms in total. The predicted octanol–water partition coefficient (Wildman–Crippen LogP) is 3.18. The normalized spacial score (nSPS) is 13.1. The highest BCUT2D eigenvalue weighted by atomic mass is 16.1. The largest absolute Gasteiger partial charge is 0.346 e. The molecule has 0 unspecified atom stereocenters. The van der Waals surface area contributed by atoms with Gasteiger partial charge in [0.1, 0.15) is 0 Å². The van der Waals surface area contributed by atoms with Crippen molar-refractivity contribution in [3.63, 3.8) is 0 Å². The standard InChI is InChI=1S/C17H13NO/c19-17-7-3-5-13-10-16-14-6-2-1-4-12(14)8-9-18(16)11-15(13)17/h1-7,10-11H,8-9H2. The molecule has 0 aromatic heterocycles. The van der Waals surface area contributed by atoms with Gasteiger partial charge in [0.25, 0.3) is 0 Å². The highest BCUT2D eigenvalue weighted by Gasteiger charge is 2.17. The van der Waals surface area contributed by atoms with E-state index in [2.05, 4.69) is 34.9 Å². The summed E-state index contributed by atoms with van der Waals surface area (Å²) in [4.78, 5) is 11.9. The molecule has 1 aromatic rings. The van der Waals surface area contributed by atoms with Crippen LogP contribution in [0.5, 0.6) is 0 Å². The first kappa shape index (κ1) is 10.6. The van der Waals surface area contributed by atoms with Gasteiger partial charge in [-0.15, -0.1) is 0 Å². The first-order valence-corrected chi connectivity index (χ1v) is 6.54. The van der Waals surface area contributed by atoms with E-state index in [1.54, 1.807) is 6.07 Å². The third-order valence-electron chi connectivity index (χ3n) is 3.90. The summed E-state index contributed by atoms with van der Waals surface area (Å²) in [7, 11) is 0. The first-order valence-electron chi connectivity index (χ1n) is 6.54. The Kier molecular flexibility index (Phi) is 2.12. The number of fused-ring (bicyclic) bond motifs is 4. The molecule has 0 amide bonds. The molecule has 0 spiro atoms. The molecule has 19 heavy (non-hydrogen) atoms. The predicted molar refractivity (Wildman–Crippen MR) is 76.5 cm³/mol. The second-order valence-corrected chi connectivity index (χ2v) is 5.02. The molecule has 2 aliphatic heterocycles. The van der Waals surface area contributed by atoms with Gasteiger partial charge in [-0.1, -0.05) is 36.4 Å². The maximum Gasteiger partial charge on any atom is 0.187 e. The van der Waals surface area contributed by atoms with Crippen molar-refractivity contribution in [2.24, 2.45) is 0 Å². The minimum absolute atomic E-state index is 0.103. The molecule has 2 heterocycles. The van der Waals surface area contributed by atoms with Crippen molar-refractivity contribution < 1.29 is 0 Å². The fraction of sp³-hybridized carbons (Fsp3) is 0.118. The van der Waals surface area contributed by atoms with Gasteiger partial charge in [-0.2, -0.15) is 0 Å². The minimum Gasteiger partial charge on any atom is -0.346 e. The Hall–Kier alpha value is -2.35. The Morgan fingerprint density at radius 1 is 0.947 bits per heavy atom. The van der Waals surface area contributed by atoms with Crippen molar-refractivity contribution in [1.29, 1.82) is 0 Å². The summed E-state index contributed by atoms with van der Waals surface area (Å²) in [5.41, 5.74) is 5.82. The van der Waals surface area contributed by atoms with Gasteiger partial charge in [0.15, 0.2) is 5.43 Å². The van der Waals surface area contributed by atoms with Crippen molar-refractivity contribution in [3.8, 4) is 22.4 Å². The number of aryl methyl sites for hydroxylation is 2. The molecule has 0 fully saturated rings. The van der Waals surface area contributed by atoms with Crippen LogP contribution in [-0.4, -0.2) is 4.57 Å². The number of aromatic nitrogens is 1. The fourth-order valence-corrected chi connectivity index (χ4v) is 2.93. The Labute approximate surface area is 111 Å². The van der Waals surface area contributed by atoms with Crippen LogP contribution in [0.2, 0.25) is 0 Å². The van der Waals surface area contributed by atoms with E-state index in [0.717, 1.165) is 24.1 Å². The van der Waals surface area contributed by atoms with Crippen LogP contribution in [0.25, 0.3) is 22.4 Å². The molecule has 0 atom stereocenters. The van der Waals surface area contributed by atoms with Crippen LogP contribution in [0.1, 0.15) is 5.56 Å². The summed E-state index contributed by atoms with van der Waals surface area (Å²) in [5.74, 6) is 0. The van der Waals surface area contributed by atoms with Crippen LogP contribution in [0.15, 0.2) is 59.5 Å². The number of rotatable bonds is 0. The van der Waals surface area contributed by atoms with Crippen LogP contribution in [0, 0.1) is 0 Å². The number of hydrogen-bond acceptors (Lipinski definition) is 1. The maximum atomic E-state index is 11.9. The zero-order valence-electron chi connectivity index (χ0n) is 10.5. The van der Waals surface area contributed by atoms with E-state index in [0.29, 0.717) is 0 Å². The smallest absolute Gasteiger partial charge is 0.187 e. The molecule has 0 radical (unpaired) electrons. The summed E-state index contributed by atoms with van der Waals surface area (Å²) >= 11 is 0. The third-order valence-corrected chi connectivity index (χ3v) is 3.90. The molecular formula is C17H13NO. The number of benzene rings is 2. The molecule has 0 saturated heterocycles. The summed E-state index contributed by atoms with van der Waals surface area (Å²) in [6.07, 6.45) is 3.03. The third kappa shape index (κ3) is 1.53. The van der Waals surface area contributed by atoms with E-state index in [4.69, 9.17) is 0 Å². The van der Waals surface area contributed by atoms with Gasteiger partial charge in [-0.25, -0.2) is 0 Å². The van der Waals surface area contributed by atoms with Crippen molar-refractivity contribution in [2.45, 2.75) is 13.0 Å². The van der Waals surface area contributed by atoms with Gasteiger partial charge in [-0.3, -0.25) is 4.79 Å². The van der Waals surface area contributed by atoms with Gasteiger partial charge in [0, 0.05) is 29.6 Å². The van der Waals surface area contributed by atoms with Gasteiger partial charge in [0.2, 0.25) is 0 Å². The summed E-state index contributed by atoms with van der Waals surface area (Å²) in [6.45, 7) is 0.941. The minimum atomic E-state index is 0.103. The molecule has 1 aromatic carbocycles. The maximum absolute atomic E-state index is 11.9. The zero-order chi connectivity index (χ0) is 12.8. The van der Waals surface area contributed by atoms with Crippen LogP contribution in [0.3, 0.4) is 0 Å². The van der Waals surface area contributed by atoms with Crippen molar-refractivity contribution >= 4 is 0 Å². The average molecular weight is 247 g/mol. The van der Waals surface area contributed by atoms with E-state index in [1.165, 1.54) is 16.8 Å². The Morgan fingerprint density at radius 2 is 1.84 bits per heavy atom. The Balaban J connectivity index is 2.08. The number of pyridine rings is 1. The van der Waals surface area contributed by atoms with Crippen LogP contribution >= 0.6 is 0 Å². The molecule has 0 saturated carbocycles. The SMILES string of the molecule is O=c1cccc2cc3n(cc1-2)CCc1ccccc1-3. The molecule has 4 rings (SSSR count). The Morgan fingerprint density at radius 3 is 2.79 bits per heavy atom. The molecule has 0 N–H and O–H groups in total. The molecule has 3 aliphatic rings. The molecule has 0 bridgehead atoms. The van der Waals surface area contributed by atoms with Gasteiger partial charge in [-0.05, 0) is 29.7 Å². The molecular weight excluding hydrogens is 234 g/mol. The monoisotopic (exact) mass is 247 g/mol. The highest BCUT2D eigenvalue weighted by molar-refractivity contribution is 5.74. The lowest BCUT2D eigenvalue weighted by molar-refractivity contribution is 0.680. The van der Waals surface area contributed by atoms with Gasteiger partial charge >= 0.3 is 0 Å². The number of nitrogens with zero attached hydrogens (tertiary/aromatic N) is 1. The lowest BCUT2D eigenvalue weighted by Crippen LogP contribution is -2.15. The second-order valence-electron chi connectivity index (χ2n) is 5.02. The highest BCUT2D eigenvalue weighted by Crippen LogP contribution is 2.32. The van der Waals surface area contributed by atoms with E-state index < -0.39 is 0 Å². The van der Waals surface area contributed by atoms with Crippen molar-refractivity contribution in [2.75, 3.05) is 0 Å². The van der Waals surface area contributed by atoms with Gasteiger partial charge < -0.3 is 4.57 Å². The van der Waals surface area contributed by atoms with Crippen LogP contribution in [0.4, 0.5) is 0 Å². The van der Waals surface area contributed by atoms with E-state index >= 15 is 0 Å². The lowest BCUT2D eigenvalue weighted by atomic mass is 9.94. The van der Waals surface area contributed by atoms with Crippen molar-refractivity contribution in [1.82, 2.24) is 4.57 Å². The first-order chi connectivity index (χ1) is 9.33. The summed E-state index contributed by atoms with van der Waals surface area (Å²) < 4.78 is 2.20. The quantitative estimate of drug-likeness (QED) is 0.598. The second kappa shape index (κ2) is 3.82. The Bertz CT molecular complexity index is 801. The summed E-state index contributed by atoms with van der Waals surface area (Å²) in [6, 6.07) is 16.1. The van der Waals surface area contributed by atoms with Gasteiger partial charge in [0.05, 0.1) is 0 Å². The topological polar surface area (TPSA) is 22.0 Å². The molecule has 92 valence electrons. The molecule has 2 heteroatoms. The lowest BCUT2D eigenvalue weighted by Gasteiger charge is -2.24. The van der Waals surface area contributed by atoms with Crippen molar-refractivity contribution in [3.05, 3.63) is 70.5 Å². The summed E-state index contributed by atoms with van der Waals surface area (Å²) in [5, 5.41) is 0. The van der Waals surface area contributed by atoms with Crippen LogP contribution in [-0.2, 0) is 13.0 Å². The molecule has 1 aliphatic carbocycles. The fourth-order valence-electron chi connectivity index (χ4n) is 2.93. The zero-order valence-corrected chi connectivity index (χ0v) is 10.5. The van der Waals surface area contributed by atoms with Crippen LogP contribution < -0.4 is 5.43 Å². The van der Waals surface area contributed by atoms with E-state index in [1.807, 2.05) is 18.3 Å². The van der Waals surface area contributed by atoms with E-state index in [9.17, 15) is 4.79 Å².